The highest BCUT2D eigenvalue weighted by Gasteiger charge is 2.49. The molecule has 21 heavy (non-hydrogen) atoms. The lowest BCUT2D eigenvalue weighted by Crippen LogP contribution is -2.49. The van der Waals surface area contributed by atoms with E-state index in [1.165, 1.54) is 23.1 Å². The molecule has 9 heteroatoms. The van der Waals surface area contributed by atoms with Crippen LogP contribution in [0.3, 0.4) is 0 Å². The Morgan fingerprint density at radius 2 is 1.71 bits per heavy atom. The van der Waals surface area contributed by atoms with Crippen molar-refractivity contribution in [1.29, 1.82) is 0 Å². The van der Waals surface area contributed by atoms with Crippen molar-refractivity contribution in [1.82, 2.24) is 13.9 Å². The Hall–Kier alpha value is -0.930. The zero-order chi connectivity index (χ0) is 15.4. The Kier molecular flexibility index (Phi) is 3.42. The molecule has 0 saturated carbocycles. The van der Waals surface area contributed by atoms with Crippen molar-refractivity contribution < 1.29 is 16.8 Å². The molecule has 2 bridgehead atoms. The Morgan fingerprint density at radius 3 is 2.14 bits per heavy atom. The van der Waals surface area contributed by atoms with Gasteiger partial charge in [0.2, 0.25) is 0 Å². The largest absolute Gasteiger partial charge is 0.339 e. The SMILES string of the molecule is Cn1cnc(S(=O)(=O)N2C3CCC2CC(S(C)(=O)=O)C3)c1. The molecule has 7 nitrogen and oxygen atoms in total. The van der Waals surface area contributed by atoms with E-state index in [4.69, 9.17) is 0 Å². The highest BCUT2D eigenvalue weighted by molar-refractivity contribution is 7.91. The minimum absolute atomic E-state index is 0.0414. The Labute approximate surface area is 124 Å². The van der Waals surface area contributed by atoms with Crippen LogP contribution >= 0.6 is 0 Å². The predicted molar refractivity (Wildman–Crippen MR) is 76.9 cm³/mol. The summed E-state index contributed by atoms with van der Waals surface area (Å²) in [5.41, 5.74) is 0. The second-order valence-electron chi connectivity index (χ2n) is 6.02. The van der Waals surface area contributed by atoms with Gasteiger partial charge in [0.05, 0.1) is 11.6 Å². The third-order valence-corrected chi connectivity index (χ3v) is 7.94. The highest BCUT2D eigenvalue weighted by Crippen LogP contribution is 2.41. The van der Waals surface area contributed by atoms with Gasteiger partial charge in [-0.1, -0.05) is 0 Å². The van der Waals surface area contributed by atoms with Crippen LogP contribution in [0.25, 0.3) is 0 Å². The standard InChI is InChI=1S/C12H19N3O4S2/c1-14-7-12(13-8-14)21(18,19)15-9-3-4-10(15)6-11(5-9)20(2,16)17/h7-11H,3-6H2,1-2H3. The lowest BCUT2D eigenvalue weighted by Gasteiger charge is -2.36. The van der Waals surface area contributed by atoms with Gasteiger partial charge < -0.3 is 4.57 Å². The summed E-state index contributed by atoms with van der Waals surface area (Å²) in [7, 11) is -5.04. The molecule has 3 heterocycles. The van der Waals surface area contributed by atoms with Gasteiger partial charge in [-0.2, -0.15) is 4.31 Å². The van der Waals surface area contributed by atoms with Crippen LogP contribution in [-0.4, -0.2) is 54.3 Å². The van der Waals surface area contributed by atoms with Gasteiger partial charge in [-0.25, -0.2) is 21.8 Å². The summed E-state index contributed by atoms with van der Waals surface area (Å²) in [4.78, 5) is 3.94. The maximum atomic E-state index is 12.7. The van der Waals surface area contributed by atoms with Gasteiger partial charge >= 0.3 is 0 Å². The number of fused-ring (bicyclic) bond motifs is 2. The van der Waals surface area contributed by atoms with Crippen molar-refractivity contribution >= 4 is 19.9 Å². The summed E-state index contributed by atoms with van der Waals surface area (Å²) in [6.45, 7) is 0. The molecule has 1 aromatic heterocycles. The second-order valence-corrected chi connectivity index (χ2v) is 10.1. The highest BCUT2D eigenvalue weighted by atomic mass is 32.2. The number of nitrogens with zero attached hydrogens (tertiary/aromatic N) is 3. The van der Waals surface area contributed by atoms with Gasteiger partial charge in [-0.15, -0.1) is 0 Å². The first-order valence-corrected chi connectivity index (χ1v) is 10.3. The molecule has 2 saturated heterocycles. The van der Waals surface area contributed by atoms with Crippen LogP contribution in [0.1, 0.15) is 25.7 Å². The van der Waals surface area contributed by atoms with E-state index in [1.807, 2.05) is 0 Å². The zero-order valence-electron chi connectivity index (χ0n) is 12.0. The number of sulfonamides is 1. The monoisotopic (exact) mass is 333 g/mol. The van der Waals surface area contributed by atoms with E-state index in [9.17, 15) is 16.8 Å². The maximum Gasteiger partial charge on any atom is 0.262 e. The average Bonchev–Trinajstić information content (AvgIpc) is 2.91. The van der Waals surface area contributed by atoms with Crippen LogP contribution in [0.15, 0.2) is 17.6 Å². The molecule has 0 spiro atoms. The van der Waals surface area contributed by atoms with E-state index in [2.05, 4.69) is 4.98 Å². The van der Waals surface area contributed by atoms with Crippen LogP contribution in [-0.2, 0) is 26.9 Å². The number of hydrogen-bond donors (Lipinski definition) is 0. The van der Waals surface area contributed by atoms with Gasteiger partial charge in [-0.3, -0.25) is 0 Å². The first-order chi connectivity index (χ1) is 9.69. The first kappa shape index (κ1) is 15.0. The molecule has 2 atom stereocenters. The van der Waals surface area contributed by atoms with Crippen molar-refractivity contribution in [2.24, 2.45) is 7.05 Å². The van der Waals surface area contributed by atoms with Crippen molar-refractivity contribution in [2.45, 2.75) is 48.0 Å². The number of aromatic nitrogens is 2. The number of rotatable bonds is 3. The number of piperidine rings is 1. The van der Waals surface area contributed by atoms with E-state index in [0.717, 1.165) is 12.8 Å². The van der Waals surface area contributed by atoms with Gasteiger partial charge in [0.1, 0.15) is 9.84 Å². The van der Waals surface area contributed by atoms with Gasteiger partial charge in [0.15, 0.2) is 5.03 Å². The molecule has 2 aliphatic rings. The third-order valence-electron chi connectivity index (χ3n) is 4.45. The minimum atomic E-state index is -3.64. The topological polar surface area (TPSA) is 89.3 Å². The maximum absolute atomic E-state index is 12.7. The molecule has 0 amide bonds. The normalized spacial score (nSPS) is 30.7. The Balaban J connectivity index is 1.92. The number of sulfone groups is 1. The summed E-state index contributed by atoms with van der Waals surface area (Å²) >= 11 is 0. The summed E-state index contributed by atoms with van der Waals surface area (Å²) in [6.07, 6.45) is 6.41. The van der Waals surface area contributed by atoms with Crippen molar-refractivity contribution in [3.63, 3.8) is 0 Å². The van der Waals surface area contributed by atoms with E-state index in [1.54, 1.807) is 11.6 Å². The summed E-state index contributed by atoms with van der Waals surface area (Å²) in [5, 5.41) is -0.384. The second kappa shape index (κ2) is 4.79. The summed E-state index contributed by atoms with van der Waals surface area (Å²) in [6, 6.07) is -0.453. The van der Waals surface area contributed by atoms with Crippen molar-refractivity contribution in [3.8, 4) is 0 Å². The molecule has 118 valence electrons. The zero-order valence-corrected chi connectivity index (χ0v) is 13.6. The molecule has 2 aliphatic heterocycles. The van der Waals surface area contributed by atoms with Crippen LogP contribution in [0, 0.1) is 0 Å². The molecule has 0 radical (unpaired) electrons. The molecule has 3 rings (SSSR count). The predicted octanol–water partition coefficient (Wildman–Crippen LogP) is 0.149. The molecular weight excluding hydrogens is 314 g/mol. The number of hydrogen-bond acceptors (Lipinski definition) is 5. The van der Waals surface area contributed by atoms with Crippen LogP contribution in [0.4, 0.5) is 0 Å². The lowest BCUT2D eigenvalue weighted by molar-refractivity contribution is 0.248. The molecular formula is C12H19N3O4S2. The fourth-order valence-corrected chi connectivity index (χ4v) is 6.46. The number of imidazole rings is 1. The third kappa shape index (κ3) is 2.51. The molecule has 1 aromatic rings. The van der Waals surface area contributed by atoms with Crippen molar-refractivity contribution in [2.75, 3.05) is 6.26 Å². The average molecular weight is 333 g/mol. The summed E-state index contributed by atoms with van der Waals surface area (Å²) in [5.74, 6) is 0. The van der Waals surface area contributed by atoms with Crippen molar-refractivity contribution in [3.05, 3.63) is 12.5 Å². The fourth-order valence-electron chi connectivity index (χ4n) is 3.46. The Morgan fingerprint density at radius 1 is 1.14 bits per heavy atom. The first-order valence-electron chi connectivity index (χ1n) is 6.90. The van der Waals surface area contributed by atoms with Gasteiger partial charge in [0, 0.05) is 31.6 Å². The van der Waals surface area contributed by atoms with Crippen LogP contribution in [0.5, 0.6) is 0 Å². The Bertz CT molecular complexity index is 739. The van der Waals surface area contributed by atoms with E-state index >= 15 is 0 Å². The minimum Gasteiger partial charge on any atom is -0.339 e. The smallest absolute Gasteiger partial charge is 0.262 e. The number of aryl methyl sites for hydroxylation is 1. The van der Waals surface area contributed by atoms with E-state index in [0.29, 0.717) is 12.8 Å². The quantitative estimate of drug-likeness (QED) is 0.785. The van der Waals surface area contributed by atoms with Gasteiger partial charge in [0.25, 0.3) is 10.0 Å². The molecule has 2 fully saturated rings. The van der Waals surface area contributed by atoms with Gasteiger partial charge in [-0.05, 0) is 25.7 Å². The summed E-state index contributed by atoms with van der Waals surface area (Å²) < 4.78 is 52.0. The molecule has 0 aliphatic carbocycles. The van der Waals surface area contributed by atoms with E-state index < -0.39 is 25.1 Å². The molecule has 0 N–H and O–H groups in total. The molecule has 2 unspecified atom stereocenters. The molecule has 0 aromatic carbocycles. The lowest BCUT2D eigenvalue weighted by atomic mass is 10.1. The van der Waals surface area contributed by atoms with Crippen LogP contribution in [0.2, 0.25) is 0 Å². The van der Waals surface area contributed by atoms with E-state index in [-0.39, 0.29) is 17.1 Å². The fraction of sp³-hybridized carbons (Fsp3) is 0.750. The van der Waals surface area contributed by atoms with Crippen LogP contribution < -0.4 is 0 Å².